The number of rotatable bonds is 4. The van der Waals surface area contributed by atoms with Gasteiger partial charge >= 0.3 is 5.97 Å². The second-order valence-corrected chi connectivity index (χ2v) is 3.81. The highest BCUT2D eigenvalue weighted by Gasteiger charge is 2.09. The van der Waals surface area contributed by atoms with Crippen LogP contribution in [-0.2, 0) is 6.54 Å². The maximum Gasteiger partial charge on any atom is 0.354 e. The van der Waals surface area contributed by atoms with Gasteiger partial charge in [-0.15, -0.1) is 0 Å². The summed E-state index contributed by atoms with van der Waals surface area (Å²) < 4.78 is 5.01. The van der Waals surface area contributed by atoms with E-state index in [1.54, 1.807) is 13.0 Å². The highest BCUT2D eigenvalue weighted by Crippen LogP contribution is 2.08. The van der Waals surface area contributed by atoms with Gasteiger partial charge in [0.1, 0.15) is 0 Å². The predicted octanol–water partition coefficient (Wildman–Crippen LogP) is 1.39. The summed E-state index contributed by atoms with van der Waals surface area (Å²) in [5.41, 5.74) is 1.32. The van der Waals surface area contributed by atoms with Crippen molar-refractivity contribution < 1.29 is 14.4 Å². The summed E-state index contributed by atoms with van der Waals surface area (Å²) in [5, 5.41) is 15.5. The van der Waals surface area contributed by atoms with Crippen LogP contribution in [0, 0.1) is 13.8 Å². The van der Waals surface area contributed by atoms with Crippen LogP contribution in [0.15, 0.2) is 16.7 Å². The molecular formula is C11H12N4O3. The molecule has 0 radical (unpaired) electrons. The highest BCUT2D eigenvalue weighted by atomic mass is 16.5. The van der Waals surface area contributed by atoms with Crippen LogP contribution in [0.25, 0.3) is 0 Å². The van der Waals surface area contributed by atoms with Crippen LogP contribution in [0.1, 0.15) is 27.6 Å². The van der Waals surface area contributed by atoms with Crippen molar-refractivity contribution in [2.45, 2.75) is 20.4 Å². The third-order valence-corrected chi connectivity index (χ3v) is 2.17. The quantitative estimate of drug-likeness (QED) is 0.842. The van der Waals surface area contributed by atoms with E-state index in [0.29, 0.717) is 18.0 Å². The monoisotopic (exact) mass is 248 g/mol. The maximum absolute atomic E-state index is 10.8. The minimum Gasteiger partial charge on any atom is -0.477 e. The van der Waals surface area contributed by atoms with E-state index in [-0.39, 0.29) is 11.6 Å². The summed E-state index contributed by atoms with van der Waals surface area (Å²) in [6.07, 6.45) is 0. The summed E-state index contributed by atoms with van der Waals surface area (Å²) in [6.45, 7) is 3.87. The SMILES string of the molecule is Cc1cc(CNc2nc(C)cc(C(=O)O)n2)on1. The maximum atomic E-state index is 10.8. The number of nitrogens with zero attached hydrogens (tertiary/aromatic N) is 3. The van der Waals surface area contributed by atoms with Gasteiger partial charge in [0.05, 0.1) is 12.2 Å². The Balaban J connectivity index is 2.11. The molecule has 2 rings (SSSR count). The Labute approximate surface area is 103 Å². The van der Waals surface area contributed by atoms with Crippen molar-refractivity contribution in [3.8, 4) is 0 Å². The third kappa shape index (κ3) is 2.82. The van der Waals surface area contributed by atoms with Crippen LogP contribution in [0.3, 0.4) is 0 Å². The molecule has 2 N–H and O–H groups in total. The molecule has 0 saturated carbocycles. The Morgan fingerprint density at radius 1 is 1.33 bits per heavy atom. The van der Waals surface area contributed by atoms with Crippen LogP contribution in [0.2, 0.25) is 0 Å². The first-order valence-corrected chi connectivity index (χ1v) is 5.29. The number of hydrogen-bond acceptors (Lipinski definition) is 6. The Kier molecular flexibility index (Phi) is 3.22. The Bertz CT molecular complexity index is 579. The number of aryl methyl sites for hydroxylation is 2. The van der Waals surface area contributed by atoms with Crippen LogP contribution in [-0.4, -0.2) is 26.2 Å². The molecule has 0 bridgehead atoms. The van der Waals surface area contributed by atoms with Crippen LogP contribution in [0.4, 0.5) is 5.95 Å². The number of carbonyl (C=O) groups is 1. The minimum atomic E-state index is -1.08. The van der Waals surface area contributed by atoms with Crippen molar-refractivity contribution in [3.05, 3.63) is 35.0 Å². The summed E-state index contributed by atoms with van der Waals surface area (Å²) >= 11 is 0. The first kappa shape index (κ1) is 12.0. The lowest BCUT2D eigenvalue weighted by molar-refractivity contribution is 0.0690. The molecule has 0 fully saturated rings. The van der Waals surface area contributed by atoms with E-state index in [0.717, 1.165) is 5.69 Å². The molecule has 2 aromatic heterocycles. The number of aromatic nitrogens is 3. The second-order valence-electron chi connectivity index (χ2n) is 3.81. The van der Waals surface area contributed by atoms with Gasteiger partial charge in [-0.2, -0.15) is 0 Å². The number of carboxylic acid groups (broad SMARTS) is 1. The highest BCUT2D eigenvalue weighted by molar-refractivity contribution is 5.85. The zero-order chi connectivity index (χ0) is 13.1. The normalized spacial score (nSPS) is 10.3. The molecule has 0 unspecified atom stereocenters. The largest absolute Gasteiger partial charge is 0.477 e. The van der Waals surface area contributed by atoms with Gasteiger partial charge in [0.25, 0.3) is 0 Å². The fourth-order valence-corrected chi connectivity index (χ4v) is 1.42. The van der Waals surface area contributed by atoms with E-state index < -0.39 is 5.97 Å². The number of anilines is 1. The van der Waals surface area contributed by atoms with E-state index in [1.807, 2.05) is 6.92 Å². The predicted molar refractivity (Wildman–Crippen MR) is 62.3 cm³/mol. The number of hydrogen-bond donors (Lipinski definition) is 2. The van der Waals surface area contributed by atoms with Gasteiger partial charge in [0, 0.05) is 11.8 Å². The van der Waals surface area contributed by atoms with Crippen molar-refractivity contribution >= 4 is 11.9 Å². The molecular weight excluding hydrogens is 236 g/mol. The molecule has 0 aliphatic heterocycles. The molecule has 2 aromatic rings. The van der Waals surface area contributed by atoms with Gasteiger partial charge in [-0.3, -0.25) is 0 Å². The Morgan fingerprint density at radius 2 is 2.11 bits per heavy atom. The molecule has 18 heavy (non-hydrogen) atoms. The second kappa shape index (κ2) is 4.82. The molecule has 0 aliphatic carbocycles. The van der Waals surface area contributed by atoms with Gasteiger partial charge in [-0.05, 0) is 19.9 Å². The van der Waals surface area contributed by atoms with Gasteiger partial charge in [-0.25, -0.2) is 14.8 Å². The van der Waals surface area contributed by atoms with E-state index in [4.69, 9.17) is 9.63 Å². The minimum absolute atomic E-state index is 0.0428. The molecule has 0 spiro atoms. The van der Waals surface area contributed by atoms with E-state index >= 15 is 0 Å². The molecule has 7 heteroatoms. The summed E-state index contributed by atoms with van der Waals surface area (Å²) in [7, 11) is 0. The van der Waals surface area contributed by atoms with Gasteiger partial charge in [0.15, 0.2) is 11.5 Å². The van der Waals surface area contributed by atoms with Crippen molar-refractivity contribution in [2.75, 3.05) is 5.32 Å². The van der Waals surface area contributed by atoms with Crippen molar-refractivity contribution in [3.63, 3.8) is 0 Å². The molecule has 0 amide bonds. The molecule has 0 atom stereocenters. The van der Waals surface area contributed by atoms with Crippen LogP contribution >= 0.6 is 0 Å². The van der Waals surface area contributed by atoms with Crippen LogP contribution in [0.5, 0.6) is 0 Å². The number of nitrogens with one attached hydrogen (secondary N) is 1. The van der Waals surface area contributed by atoms with Gasteiger partial charge in [-0.1, -0.05) is 5.16 Å². The smallest absolute Gasteiger partial charge is 0.354 e. The van der Waals surface area contributed by atoms with Gasteiger partial charge < -0.3 is 14.9 Å². The van der Waals surface area contributed by atoms with Crippen LogP contribution < -0.4 is 5.32 Å². The number of carboxylic acids is 1. The lowest BCUT2D eigenvalue weighted by atomic mass is 10.3. The fourth-order valence-electron chi connectivity index (χ4n) is 1.42. The van der Waals surface area contributed by atoms with Crippen molar-refractivity contribution in [1.29, 1.82) is 0 Å². The van der Waals surface area contributed by atoms with Crippen molar-refractivity contribution in [1.82, 2.24) is 15.1 Å². The summed E-state index contributed by atoms with van der Waals surface area (Å²) in [6, 6.07) is 3.19. The van der Waals surface area contributed by atoms with E-state index in [9.17, 15) is 4.79 Å². The van der Waals surface area contributed by atoms with Crippen molar-refractivity contribution in [2.24, 2.45) is 0 Å². The fraction of sp³-hybridized carbons (Fsp3) is 0.273. The Hall–Kier alpha value is -2.44. The molecule has 0 saturated heterocycles. The van der Waals surface area contributed by atoms with E-state index in [2.05, 4.69) is 20.4 Å². The Morgan fingerprint density at radius 3 is 2.72 bits per heavy atom. The molecule has 0 aliphatic rings. The summed E-state index contributed by atoms with van der Waals surface area (Å²) in [5.74, 6) is -0.199. The van der Waals surface area contributed by atoms with Gasteiger partial charge in [0.2, 0.25) is 5.95 Å². The molecule has 94 valence electrons. The first-order chi connectivity index (χ1) is 8.54. The average molecular weight is 248 g/mol. The first-order valence-electron chi connectivity index (χ1n) is 5.29. The topological polar surface area (TPSA) is 101 Å². The number of aromatic carboxylic acids is 1. The molecule has 7 nitrogen and oxygen atoms in total. The lowest BCUT2D eigenvalue weighted by Gasteiger charge is -2.04. The van der Waals surface area contributed by atoms with E-state index in [1.165, 1.54) is 6.07 Å². The summed E-state index contributed by atoms with van der Waals surface area (Å²) in [4.78, 5) is 18.8. The molecule has 2 heterocycles. The standard InChI is InChI=1S/C11H12N4O3/c1-6-4-9(10(16)17)14-11(13-6)12-5-8-3-7(2)15-18-8/h3-4H,5H2,1-2H3,(H,16,17)(H,12,13,14). The third-order valence-electron chi connectivity index (χ3n) is 2.17. The zero-order valence-corrected chi connectivity index (χ0v) is 9.97. The lowest BCUT2D eigenvalue weighted by Crippen LogP contribution is -2.08. The average Bonchev–Trinajstić information content (AvgIpc) is 2.72. The molecule has 0 aromatic carbocycles. The zero-order valence-electron chi connectivity index (χ0n) is 9.97.